The van der Waals surface area contributed by atoms with Gasteiger partial charge in [0.25, 0.3) is 0 Å². The molecule has 2 aromatic heterocycles. The maximum absolute atomic E-state index is 13.2. The van der Waals surface area contributed by atoms with Crippen LogP contribution in [0, 0.1) is 12.7 Å². The molecule has 1 aromatic carbocycles. The van der Waals surface area contributed by atoms with E-state index in [-0.39, 0.29) is 12.4 Å². The second-order valence-electron chi connectivity index (χ2n) is 4.83. The van der Waals surface area contributed by atoms with E-state index in [0.29, 0.717) is 11.8 Å². The van der Waals surface area contributed by atoms with E-state index in [1.165, 1.54) is 12.1 Å². The van der Waals surface area contributed by atoms with E-state index >= 15 is 0 Å². The molecule has 0 spiro atoms. The minimum absolute atomic E-state index is 0.255. The lowest BCUT2D eigenvalue weighted by Crippen LogP contribution is -1.89. The lowest BCUT2D eigenvalue weighted by molar-refractivity contribution is 0.160. The second-order valence-corrected chi connectivity index (χ2v) is 4.83. The maximum Gasteiger partial charge on any atom is 0.249 e. The summed E-state index contributed by atoms with van der Waals surface area (Å²) >= 11 is 0. The molecule has 0 atom stereocenters. The molecule has 0 aliphatic carbocycles. The number of pyridine rings is 1. The van der Waals surface area contributed by atoms with E-state index in [1.807, 2.05) is 19.1 Å². The van der Waals surface area contributed by atoms with Crippen LogP contribution in [-0.4, -0.2) is 22.3 Å². The van der Waals surface area contributed by atoms with Crippen LogP contribution >= 0.6 is 0 Å². The quantitative estimate of drug-likeness (QED) is 0.739. The minimum atomic E-state index is -0.255. The van der Waals surface area contributed by atoms with E-state index in [0.717, 1.165) is 22.4 Å². The number of ether oxygens (including phenoxy) is 1. The average Bonchev–Trinajstić information content (AvgIpc) is 2.97. The highest BCUT2D eigenvalue weighted by molar-refractivity contribution is 5.65. The third-order valence-corrected chi connectivity index (χ3v) is 3.21. The number of methoxy groups -OCH3 is 1. The molecular weight excluding hydrogens is 285 g/mol. The van der Waals surface area contributed by atoms with Crippen molar-refractivity contribution in [3.8, 4) is 22.7 Å². The first-order valence-corrected chi connectivity index (χ1v) is 6.71. The third-order valence-electron chi connectivity index (χ3n) is 3.21. The molecule has 0 aliphatic heterocycles. The maximum atomic E-state index is 13.2. The van der Waals surface area contributed by atoms with Crippen molar-refractivity contribution in [3.63, 3.8) is 0 Å². The van der Waals surface area contributed by atoms with Gasteiger partial charge in [0, 0.05) is 18.9 Å². The van der Waals surface area contributed by atoms with Crippen molar-refractivity contribution in [2.24, 2.45) is 0 Å². The van der Waals surface area contributed by atoms with Gasteiger partial charge in [-0.25, -0.2) is 4.39 Å². The van der Waals surface area contributed by atoms with Gasteiger partial charge in [0.1, 0.15) is 12.4 Å². The monoisotopic (exact) mass is 299 g/mol. The zero-order chi connectivity index (χ0) is 15.5. The zero-order valence-corrected chi connectivity index (χ0v) is 12.2. The topological polar surface area (TPSA) is 61.0 Å². The van der Waals surface area contributed by atoms with Gasteiger partial charge in [0.2, 0.25) is 11.8 Å². The molecule has 0 saturated carbocycles. The van der Waals surface area contributed by atoms with Crippen LogP contribution in [-0.2, 0) is 11.3 Å². The summed E-state index contributed by atoms with van der Waals surface area (Å²) in [6, 6.07) is 8.31. The van der Waals surface area contributed by atoms with Crippen LogP contribution < -0.4 is 0 Å². The van der Waals surface area contributed by atoms with Gasteiger partial charge in [-0.15, -0.1) is 10.2 Å². The Balaban J connectivity index is 1.88. The summed E-state index contributed by atoms with van der Waals surface area (Å²) in [5.74, 6) is 0.548. The Kier molecular flexibility index (Phi) is 3.93. The molecule has 22 heavy (non-hydrogen) atoms. The van der Waals surface area contributed by atoms with Gasteiger partial charge in [-0.2, -0.15) is 0 Å². The Hall–Kier alpha value is -2.60. The molecule has 3 aromatic rings. The van der Waals surface area contributed by atoms with Crippen LogP contribution in [0.1, 0.15) is 11.5 Å². The summed E-state index contributed by atoms with van der Waals surface area (Å²) in [7, 11) is 1.56. The van der Waals surface area contributed by atoms with Crippen molar-refractivity contribution in [2.75, 3.05) is 7.11 Å². The zero-order valence-electron chi connectivity index (χ0n) is 12.2. The summed E-state index contributed by atoms with van der Waals surface area (Å²) in [6.45, 7) is 2.12. The molecule has 6 heteroatoms. The number of benzene rings is 1. The fourth-order valence-corrected chi connectivity index (χ4v) is 2.15. The van der Waals surface area contributed by atoms with Gasteiger partial charge in [0.15, 0.2) is 0 Å². The molecule has 5 nitrogen and oxygen atoms in total. The normalized spacial score (nSPS) is 10.9. The lowest BCUT2D eigenvalue weighted by Gasteiger charge is -2.05. The molecule has 0 amide bonds. The Labute approximate surface area is 126 Å². The van der Waals surface area contributed by atoms with Crippen molar-refractivity contribution in [2.45, 2.75) is 13.5 Å². The summed E-state index contributed by atoms with van der Waals surface area (Å²) in [5, 5.41) is 7.83. The number of hydrogen-bond donors (Lipinski definition) is 0. The number of rotatable bonds is 4. The third kappa shape index (κ3) is 2.87. The number of hydrogen-bond acceptors (Lipinski definition) is 5. The Bertz CT molecular complexity index is 784. The van der Waals surface area contributed by atoms with Gasteiger partial charge >= 0.3 is 0 Å². The highest BCUT2D eigenvalue weighted by Gasteiger charge is 2.10. The molecule has 2 heterocycles. The number of nitrogens with zero attached hydrogens (tertiary/aromatic N) is 3. The van der Waals surface area contributed by atoms with E-state index in [1.54, 1.807) is 19.4 Å². The van der Waals surface area contributed by atoms with Crippen molar-refractivity contribution in [1.29, 1.82) is 0 Å². The highest BCUT2D eigenvalue weighted by Crippen LogP contribution is 2.24. The molecule has 112 valence electrons. The fraction of sp³-hybridized carbons (Fsp3) is 0.188. The van der Waals surface area contributed by atoms with E-state index < -0.39 is 0 Å². The van der Waals surface area contributed by atoms with Crippen molar-refractivity contribution in [1.82, 2.24) is 15.2 Å². The molecule has 0 fully saturated rings. The van der Waals surface area contributed by atoms with Crippen LogP contribution in [0.5, 0.6) is 0 Å². The predicted molar refractivity (Wildman–Crippen MR) is 78.4 cm³/mol. The van der Waals surface area contributed by atoms with Crippen LogP contribution in [0.25, 0.3) is 22.7 Å². The first-order chi connectivity index (χ1) is 10.7. The van der Waals surface area contributed by atoms with Crippen molar-refractivity contribution < 1.29 is 13.5 Å². The molecule has 0 radical (unpaired) electrons. The number of aryl methyl sites for hydroxylation is 1. The van der Waals surface area contributed by atoms with Crippen LogP contribution in [0.3, 0.4) is 0 Å². The van der Waals surface area contributed by atoms with Gasteiger partial charge in [-0.05, 0) is 42.8 Å². The first-order valence-electron chi connectivity index (χ1n) is 6.71. The first kappa shape index (κ1) is 14.3. The Morgan fingerprint density at radius 3 is 2.73 bits per heavy atom. The Morgan fingerprint density at radius 2 is 2.05 bits per heavy atom. The molecule has 0 unspecified atom stereocenters. The van der Waals surface area contributed by atoms with E-state index in [2.05, 4.69) is 15.2 Å². The number of halogens is 1. The van der Waals surface area contributed by atoms with Gasteiger partial charge in [0.05, 0.1) is 11.3 Å². The van der Waals surface area contributed by atoms with Crippen molar-refractivity contribution in [3.05, 3.63) is 53.8 Å². The molecule has 0 bridgehead atoms. The van der Waals surface area contributed by atoms with Crippen molar-refractivity contribution >= 4 is 0 Å². The summed E-state index contributed by atoms with van der Waals surface area (Å²) in [4.78, 5) is 4.39. The Morgan fingerprint density at radius 1 is 1.18 bits per heavy atom. The highest BCUT2D eigenvalue weighted by atomic mass is 19.1. The fourth-order valence-electron chi connectivity index (χ4n) is 2.15. The number of aromatic nitrogens is 3. The molecule has 3 rings (SSSR count). The minimum Gasteiger partial charge on any atom is -0.418 e. The van der Waals surface area contributed by atoms with Gasteiger partial charge < -0.3 is 9.15 Å². The smallest absolute Gasteiger partial charge is 0.249 e. The largest absolute Gasteiger partial charge is 0.418 e. The predicted octanol–water partition coefficient (Wildman–Crippen LogP) is 3.39. The second kappa shape index (κ2) is 6.03. The van der Waals surface area contributed by atoms with Gasteiger partial charge in [-0.1, -0.05) is 0 Å². The van der Waals surface area contributed by atoms with E-state index in [4.69, 9.17) is 9.15 Å². The molecule has 0 N–H and O–H groups in total. The molecule has 0 aliphatic rings. The average molecular weight is 299 g/mol. The van der Waals surface area contributed by atoms with Gasteiger partial charge in [-0.3, -0.25) is 4.98 Å². The van der Waals surface area contributed by atoms with Crippen LogP contribution in [0.2, 0.25) is 0 Å². The standard InChI is InChI=1S/C16H14FN3O2/c1-10-7-12(17)4-5-13(10)14-6-3-11(8-18-14)16-20-19-15(22-16)9-21-2/h3-8H,9H2,1-2H3. The van der Waals surface area contributed by atoms with Crippen LogP contribution in [0.15, 0.2) is 40.9 Å². The summed E-state index contributed by atoms with van der Waals surface area (Å²) < 4.78 is 23.5. The molecular formula is C16H14FN3O2. The van der Waals surface area contributed by atoms with E-state index in [9.17, 15) is 4.39 Å². The van der Waals surface area contributed by atoms with Crippen LogP contribution in [0.4, 0.5) is 4.39 Å². The molecule has 0 saturated heterocycles. The summed E-state index contributed by atoms with van der Waals surface area (Å²) in [6.07, 6.45) is 1.65. The summed E-state index contributed by atoms with van der Waals surface area (Å²) in [5.41, 5.74) is 3.20. The lowest BCUT2D eigenvalue weighted by atomic mass is 10.0. The SMILES string of the molecule is COCc1nnc(-c2ccc(-c3ccc(F)cc3C)nc2)o1.